The number of rotatable bonds is 5. The van der Waals surface area contributed by atoms with Crippen molar-refractivity contribution in [3.63, 3.8) is 0 Å². The Morgan fingerprint density at radius 3 is 2.55 bits per heavy atom. The molecule has 0 unspecified atom stereocenters. The van der Waals surface area contributed by atoms with E-state index in [2.05, 4.69) is 10.2 Å². The van der Waals surface area contributed by atoms with E-state index in [-0.39, 0.29) is 23.4 Å². The maximum atomic E-state index is 12.5. The highest BCUT2D eigenvalue weighted by Gasteiger charge is 2.28. The van der Waals surface area contributed by atoms with E-state index in [0.29, 0.717) is 18.9 Å². The molecule has 0 saturated carbocycles. The second-order valence-electron chi connectivity index (χ2n) is 7.15. The van der Waals surface area contributed by atoms with Crippen molar-refractivity contribution in [2.75, 3.05) is 31.6 Å². The van der Waals surface area contributed by atoms with Crippen molar-refractivity contribution in [1.82, 2.24) is 4.90 Å². The van der Waals surface area contributed by atoms with Gasteiger partial charge in [0.2, 0.25) is 15.9 Å². The molecule has 8 nitrogen and oxygen atoms in total. The first-order valence-corrected chi connectivity index (χ1v) is 11.0. The lowest BCUT2D eigenvalue weighted by Gasteiger charge is -2.26. The number of primary sulfonamides is 1. The smallest absolute Gasteiger partial charge is 0.238 e. The highest BCUT2D eigenvalue weighted by Crippen LogP contribution is 2.37. The summed E-state index contributed by atoms with van der Waals surface area (Å²) in [6, 6.07) is 11.9. The monoisotopic (exact) mass is 417 g/mol. The van der Waals surface area contributed by atoms with Gasteiger partial charge in [-0.15, -0.1) is 0 Å². The molecule has 1 saturated heterocycles. The van der Waals surface area contributed by atoms with E-state index in [9.17, 15) is 13.2 Å². The van der Waals surface area contributed by atoms with Gasteiger partial charge >= 0.3 is 0 Å². The molecule has 1 fully saturated rings. The number of nitrogens with one attached hydrogen (secondary N) is 1. The minimum atomic E-state index is -3.75. The number of hydrogen-bond donors (Lipinski definition) is 2. The summed E-state index contributed by atoms with van der Waals surface area (Å²) in [5.74, 6) is 1.35. The second kappa shape index (κ2) is 8.02. The molecular weight excluding hydrogens is 394 g/mol. The molecule has 3 N–H and O–H groups in total. The second-order valence-corrected chi connectivity index (χ2v) is 8.71. The number of carbonyl (C=O) groups is 1. The van der Waals surface area contributed by atoms with Crippen LogP contribution in [0.5, 0.6) is 11.5 Å². The summed E-state index contributed by atoms with van der Waals surface area (Å²) in [4.78, 5) is 14.7. The Morgan fingerprint density at radius 1 is 1.10 bits per heavy atom. The molecule has 2 heterocycles. The van der Waals surface area contributed by atoms with Crippen LogP contribution in [0, 0.1) is 0 Å². The normalized spacial score (nSPS) is 19.1. The third kappa shape index (κ3) is 4.52. The van der Waals surface area contributed by atoms with Gasteiger partial charge in [0.15, 0.2) is 11.5 Å². The van der Waals surface area contributed by atoms with Crippen LogP contribution in [0.15, 0.2) is 47.4 Å². The zero-order chi connectivity index (χ0) is 20.4. The molecule has 0 aromatic heterocycles. The van der Waals surface area contributed by atoms with Crippen LogP contribution in [0.4, 0.5) is 5.69 Å². The molecule has 4 rings (SSSR count). The number of anilines is 1. The van der Waals surface area contributed by atoms with E-state index in [4.69, 9.17) is 14.6 Å². The molecule has 0 spiro atoms. The van der Waals surface area contributed by atoms with Crippen molar-refractivity contribution in [2.45, 2.75) is 23.8 Å². The molecule has 0 radical (unpaired) electrons. The Kier molecular flexibility index (Phi) is 5.44. The summed E-state index contributed by atoms with van der Waals surface area (Å²) < 4.78 is 33.9. The van der Waals surface area contributed by atoms with Crippen molar-refractivity contribution in [1.29, 1.82) is 0 Å². The molecule has 154 valence electrons. The molecule has 2 aromatic carbocycles. The molecular formula is C20H23N3O5S. The fourth-order valence-corrected chi connectivity index (χ4v) is 4.29. The van der Waals surface area contributed by atoms with Gasteiger partial charge < -0.3 is 14.8 Å². The number of nitrogens with two attached hydrogens (primary N) is 1. The maximum absolute atomic E-state index is 12.5. The van der Waals surface area contributed by atoms with Gasteiger partial charge in [-0.2, -0.15) is 0 Å². The summed E-state index contributed by atoms with van der Waals surface area (Å²) >= 11 is 0. The van der Waals surface area contributed by atoms with Crippen LogP contribution in [-0.4, -0.2) is 45.5 Å². The zero-order valence-corrected chi connectivity index (χ0v) is 16.7. The first-order valence-electron chi connectivity index (χ1n) is 9.46. The predicted octanol–water partition coefficient (Wildman–Crippen LogP) is 1.88. The van der Waals surface area contributed by atoms with Crippen LogP contribution in [0.3, 0.4) is 0 Å². The van der Waals surface area contributed by atoms with Gasteiger partial charge in [0.25, 0.3) is 0 Å². The van der Waals surface area contributed by atoms with Crippen molar-refractivity contribution >= 4 is 21.6 Å². The van der Waals surface area contributed by atoms with Crippen LogP contribution in [-0.2, 0) is 14.8 Å². The number of ether oxygens (including phenoxy) is 2. The molecule has 0 bridgehead atoms. The summed E-state index contributed by atoms with van der Waals surface area (Å²) in [5.41, 5.74) is 1.63. The van der Waals surface area contributed by atoms with Crippen LogP contribution < -0.4 is 19.9 Å². The molecule has 2 aliphatic heterocycles. The van der Waals surface area contributed by atoms with Crippen LogP contribution in [0.1, 0.15) is 24.4 Å². The minimum Gasteiger partial charge on any atom is -0.486 e. The predicted molar refractivity (Wildman–Crippen MR) is 107 cm³/mol. The standard InChI is InChI=1S/C20H23N3O5S/c21-29(25,26)16-6-4-15(5-7-16)22-20(24)13-23-9-1-2-17(23)14-3-8-18-19(12-14)28-11-10-27-18/h3-8,12,17H,1-2,9-11,13H2,(H,22,24)(H2,21,25,26)/t17-/m0/s1. The van der Waals surface area contributed by atoms with Gasteiger partial charge in [-0.05, 0) is 61.3 Å². The quantitative estimate of drug-likeness (QED) is 0.769. The van der Waals surface area contributed by atoms with Gasteiger partial charge in [-0.3, -0.25) is 9.69 Å². The minimum absolute atomic E-state index is 0.00807. The van der Waals surface area contributed by atoms with Crippen molar-refractivity contribution in [3.8, 4) is 11.5 Å². The lowest BCUT2D eigenvalue weighted by molar-refractivity contribution is -0.117. The lowest BCUT2D eigenvalue weighted by atomic mass is 10.0. The molecule has 2 aliphatic rings. The van der Waals surface area contributed by atoms with E-state index in [1.54, 1.807) is 0 Å². The molecule has 0 aliphatic carbocycles. The van der Waals surface area contributed by atoms with Gasteiger partial charge in [0.05, 0.1) is 11.4 Å². The first-order chi connectivity index (χ1) is 13.9. The molecule has 29 heavy (non-hydrogen) atoms. The van der Waals surface area contributed by atoms with Gasteiger partial charge in [-0.1, -0.05) is 6.07 Å². The zero-order valence-electron chi connectivity index (χ0n) is 15.8. The van der Waals surface area contributed by atoms with E-state index in [0.717, 1.165) is 36.4 Å². The van der Waals surface area contributed by atoms with Crippen molar-refractivity contribution in [2.24, 2.45) is 5.14 Å². The van der Waals surface area contributed by atoms with E-state index in [1.807, 2.05) is 18.2 Å². The Balaban J connectivity index is 1.41. The highest BCUT2D eigenvalue weighted by atomic mass is 32.2. The van der Waals surface area contributed by atoms with Crippen LogP contribution in [0.2, 0.25) is 0 Å². The molecule has 1 amide bonds. The summed E-state index contributed by atoms with van der Waals surface area (Å²) in [5, 5.41) is 7.90. The third-order valence-corrected chi connectivity index (χ3v) is 6.06. The molecule has 2 aromatic rings. The van der Waals surface area contributed by atoms with E-state index >= 15 is 0 Å². The van der Waals surface area contributed by atoms with Crippen LogP contribution in [0.25, 0.3) is 0 Å². The lowest BCUT2D eigenvalue weighted by Crippen LogP contribution is -2.33. The third-order valence-electron chi connectivity index (χ3n) is 5.13. The molecule has 1 atom stereocenters. The van der Waals surface area contributed by atoms with Gasteiger partial charge in [0.1, 0.15) is 13.2 Å². The summed E-state index contributed by atoms with van der Waals surface area (Å²) in [6.45, 7) is 2.17. The van der Waals surface area contributed by atoms with E-state index in [1.165, 1.54) is 24.3 Å². The fourth-order valence-electron chi connectivity index (χ4n) is 3.77. The number of nitrogens with zero attached hydrogens (tertiary/aromatic N) is 1. The number of sulfonamides is 1. The van der Waals surface area contributed by atoms with E-state index < -0.39 is 10.0 Å². The number of benzene rings is 2. The Bertz CT molecular complexity index is 1010. The Hall–Kier alpha value is -2.62. The SMILES string of the molecule is NS(=O)(=O)c1ccc(NC(=O)CN2CCC[C@H]2c2ccc3c(c2)OCCO3)cc1. The highest BCUT2D eigenvalue weighted by molar-refractivity contribution is 7.89. The van der Waals surface area contributed by atoms with Gasteiger partial charge in [-0.25, -0.2) is 13.6 Å². The number of amides is 1. The van der Waals surface area contributed by atoms with Crippen LogP contribution >= 0.6 is 0 Å². The number of carbonyl (C=O) groups excluding carboxylic acids is 1. The average molecular weight is 417 g/mol. The summed E-state index contributed by atoms with van der Waals surface area (Å²) in [6.07, 6.45) is 1.98. The number of likely N-dealkylation sites (tertiary alicyclic amines) is 1. The number of fused-ring (bicyclic) bond motifs is 1. The maximum Gasteiger partial charge on any atom is 0.238 e. The van der Waals surface area contributed by atoms with Gasteiger partial charge in [0, 0.05) is 11.7 Å². The average Bonchev–Trinajstić information content (AvgIpc) is 3.15. The topological polar surface area (TPSA) is 111 Å². The summed E-state index contributed by atoms with van der Waals surface area (Å²) in [7, 11) is -3.75. The largest absolute Gasteiger partial charge is 0.486 e. The molecule has 9 heteroatoms. The Morgan fingerprint density at radius 2 is 1.83 bits per heavy atom. The fraction of sp³-hybridized carbons (Fsp3) is 0.350. The Labute approximate surface area is 169 Å². The van der Waals surface area contributed by atoms with Crippen molar-refractivity contribution < 1.29 is 22.7 Å². The van der Waals surface area contributed by atoms with Crippen molar-refractivity contribution in [3.05, 3.63) is 48.0 Å². The number of hydrogen-bond acceptors (Lipinski definition) is 6. The first kappa shape index (κ1) is 19.7.